The van der Waals surface area contributed by atoms with Crippen molar-refractivity contribution in [1.29, 1.82) is 0 Å². The maximum Gasteiger partial charge on any atom is 0.373 e. The minimum atomic E-state index is -4.62. The van der Waals surface area contributed by atoms with E-state index >= 15 is 0 Å². The van der Waals surface area contributed by atoms with Gasteiger partial charge in [-0.05, 0) is 6.92 Å². The van der Waals surface area contributed by atoms with Gasteiger partial charge in [0.25, 0.3) is 0 Å². The first kappa shape index (κ1) is 14.2. The first-order valence-corrected chi connectivity index (χ1v) is 2.56. The molecule has 3 nitrogen and oxygen atoms in total. The molecule has 12 heavy (non-hydrogen) atoms. The van der Waals surface area contributed by atoms with Crippen molar-refractivity contribution < 1.29 is 44.9 Å². The van der Waals surface area contributed by atoms with E-state index in [0.717, 1.165) is 0 Å². The van der Waals surface area contributed by atoms with Crippen molar-refractivity contribution in [3.05, 3.63) is 0 Å². The number of aliphatic hydroxyl groups excluding tert-OH is 1. The molecule has 0 aliphatic carbocycles. The number of halogens is 3. The number of hydrogen-bond acceptors (Lipinski definition) is 3. The predicted molar refractivity (Wildman–Crippen MR) is 27.7 cm³/mol. The molecule has 0 saturated carbocycles. The van der Waals surface area contributed by atoms with E-state index in [1.165, 1.54) is 0 Å². The smallest absolute Gasteiger partial charge is 0.373 e. The van der Waals surface area contributed by atoms with Crippen LogP contribution >= 0.6 is 0 Å². The van der Waals surface area contributed by atoms with Gasteiger partial charge in [0.15, 0.2) is 11.9 Å². The van der Waals surface area contributed by atoms with Crippen LogP contribution in [0.4, 0.5) is 13.2 Å². The van der Waals surface area contributed by atoms with E-state index in [2.05, 4.69) is 0 Å². The summed E-state index contributed by atoms with van der Waals surface area (Å²) in [4.78, 5) is 19.5. The molecule has 1 unspecified atom stereocenters. The summed E-state index contributed by atoms with van der Waals surface area (Å²) in [6.45, 7) is 0.627. The molecule has 1 atom stereocenters. The molecule has 7 heteroatoms. The summed E-state index contributed by atoms with van der Waals surface area (Å²) < 4.78 is 35.4. The molecule has 0 aromatic carbocycles. The Balaban J connectivity index is 0. The minimum Gasteiger partial charge on any atom is -0.379 e. The van der Waals surface area contributed by atoms with Gasteiger partial charge in [0.05, 0.1) is 0 Å². The fraction of sp³-hybridized carbons (Fsp3) is 0.600. The number of aliphatic hydroxyl groups is 1. The number of hydrogen-bond donors (Lipinski definition) is 1. The Labute approximate surface area is 76.4 Å². The second kappa shape index (κ2) is 4.59. The third-order valence-electron chi connectivity index (χ3n) is 0.991. The summed E-state index contributed by atoms with van der Waals surface area (Å²) in [7, 11) is 0. The second-order valence-corrected chi connectivity index (χ2v) is 1.91. The zero-order chi connectivity index (χ0) is 9.23. The van der Waals surface area contributed by atoms with Gasteiger partial charge in [-0.15, -0.1) is 0 Å². The van der Waals surface area contributed by atoms with Crippen molar-refractivity contribution in [3.8, 4) is 0 Å². The van der Waals surface area contributed by atoms with E-state index in [1.54, 1.807) is 0 Å². The fourth-order valence-electron chi connectivity index (χ4n) is 0.363. The van der Waals surface area contributed by atoms with E-state index < -0.39 is 23.8 Å². The largest absolute Gasteiger partial charge is 0.379 e. The Morgan fingerprint density at radius 1 is 1.42 bits per heavy atom. The van der Waals surface area contributed by atoms with E-state index in [-0.39, 0.29) is 17.1 Å². The third-order valence-corrected chi connectivity index (χ3v) is 0.991. The van der Waals surface area contributed by atoms with Gasteiger partial charge < -0.3 is 5.11 Å². The molecule has 0 aliphatic heterocycles. The molecule has 0 amide bonds. The molecule has 0 fully saturated rings. The van der Waals surface area contributed by atoms with Gasteiger partial charge in [0.2, 0.25) is 0 Å². The van der Waals surface area contributed by atoms with Crippen LogP contribution in [0.25, 0.3) is 0 Å². The summed E-state index contributed by atoms with van der Waals surface area (Å²) in [5.41, 5.74) is 0. The second-order valence-electron chi connectivity index (χ2n) is 1.91. The zero-order valence-corrected chi connectivity index (χ0v) is 6.93. The number of alkyl halides is 2. The van der Waals surface area contributed by atoms with E-state index in [1.807, 2.05) is 0 Å². The molecule has 0 rings (SSSR count). The number of rotatable bonds is 3. The topological polar surface area (TPSA) is 54.4 Å². The van der Waals surface area contributed by atoms with Gasteiger partial charge in [-0.2, -0.15) is 13.2 Å². The minimum absolute atomic E-state index is 0. The van der Waals surface area contributed by atoms with Crippen LogP contribution in [0.5, 0.6) is 0 Å². The number of Topliss-reactive ketones (excluding diaryl/α,β-unsaturated/α-hetero) is 1. The van der Waals surface area contributed by atoms with E-state index in [0.29, 0.717) is 6.92 Å². The molecular formula is C5H5F3FeO3. The molecule has 1 N–H and O–H groups in total. The van der Waals surface area contributed by atoms with Crippen molar-refractivity contribution >= 4 is 11.8 Å². The standard InChI is InChI=1S/C5H5F3O3.Fe/c1-2(9)3(10)5(7,8)4(6)11;/h3,10H,1H3;. The first-order valence-electron chi connectivity index (χ1n) is 2.56. The van der Waals surface area contributed by atoms with Crippen LogP contribution in [0, 0.1) is 0 Å². The van der Waals surface area contributed by atoms with Crippen molar-refractivity contribution in [2.75, 3.05) is 0 Å². The Hall–Kier alpha value is -0.391. The summed E-state index contributed by atoms with van der Waals surface area (Å²) in [6.07, 6.45) is -2.89. The quantitative estimate of drug-likeness (QED) is 0.547. The molecular weight excluding hydrogens is 221 g/mol. The molecule has 0 heterocycles. The number of carbonyl (C=O) groups excluding carboxylic acids is 2. The third kappa shape index (κ3) is 2.92. The molecule has 0 saturated heterocycles. The van der Waals surface area contributed by atoms with E-state index in [4.69, 9.17) is 5.11 Å². The van der Waals surface area contributed by atoms with Crippen molar-refractivity contribution in [3.63, 3.8) is 0 Å². The summed E-state index contributed by atoms with van der Waals surface area (Å²) >= 11 is 0. The monoisotopic (exact) mass is 226 g/mol. The van der Waals surface area contributed by atoms with Crippen molar-refractivity contribution in [2.45, 2.75) is 19.0 Å². The predicted octanol–water partition coefficient (Wildman–Crippen LogP) is 0.0652. The van der Waals surface area contributed by atoms with Crippen LogP contribution in [-0.2, 0) is 26.7 Å². The van der Waals surface area contributed by atoms with Gasteiger partial charge in [0.1, 0.15) is 0 Å². The number of carbonyl (C=O) groups is 2. The zero-order valence-electron chi connectivity index (χ0n) is 5.83. The number of ketones is 1. The Bertz CT molecular complexity index is 194. The van der Waals surface area contributed by atoms with Crippen LogP contribution in [-0.4, -0.2) is 29.0 Å². The normalized spacial score (nSPS) is 13.1. The first-order chi connectivity index (χ1) is 4.80. The van der Waals surface area contributed by atoms with Gasteiger partial charge in [-0.3, -0.25) is 9.59 Å². The molecule has 0 spiro atoms. The maximum atomic E-state index is 12.0. The van der Waals surface area contributed by atoms with Crippen molar-refractivity contribution in [2.24, 2.45) is 0 Å². The van der Waals surface area contributed by atoms with Crippen molar-refractivity contribution in [1.82, 2.24) is 0 Å². The van der Waals surface area contributed by atoms with Gasteiger partial charge in [-0.1, -0.05) is 0 Å². The molecule has 72 valence electrons. The van der Waals surface area contributed by atoms with Crippen LogP contribution in [0.2, 0.25) is 0 Å². The molecule has 0 radical (unpaired) electrons. The molecule has 0 aliphatic rings. The van der Waals surface area contributed by atoms with Crippen LogP contribution in [0.1, 0.15) is 6.92 Å². The van der Waals surface area contributed by atoms with Crippen LogP contribution in [0.15, 0.2) is 0 Å². The van der Waals surface area contributed by atoms with Crippen LogP contribution < -0.4 is 0 Å². The Morgan fingerprint density at radius 3 is 1.83 bits per heavy atom. The Kier molecular flexibility index (Phi) is 5.41. The summed E-state index contributed by atoms with van der Waals surface area (Å²) in [5, 5.41) is 8.26. The average Bonchev–Trinajstić information content (AvgIpc) is 1.85. The fourth-order valence-corrected chi connectivity index (χ4v) is 0.363. The summed E-state index contributed by atoms with van der Waals surface area (Å²) in [6, 6.07) is -3.01. The van der Waals surface area contributed by atoms with Gasteiger partial charge in [0, 0.05) is 17.1 Å². The van der Waals surface area contributed by atoms with E-state index in [9.17, 15) is 22.8 Å². The van der Waals surface area contributed by atoms with Crippen LogP contribution in [0.3, 0.4) is 0 Å². The molecule has 0 aromatic rings. The average molecular weight is 226 g/mol. The Morgan fingerprint density at radius 2 is 1.75 bits per heavy atom. The molecule has 0 bridgehead atoms. The van der Waals surface area contributed by atoms with Gasteiger partial charge >= 0.3 is 12.0 Å². The summed E-state index contributed by atoms with van der Waals surface area (Å²) in [5.74, 6) is -5.98. The maximum absolute atomic E-state index is 12.0. The molecule has 0 aromatic heterocycles. The SMILES string of the molecule is CC(=O)C(O)C(F)(F)C(=O)F.[Fe]. The van der Waals surface area contributed by atoms with Gasteiger partial charge in [-0.25, -0.2) is 0 Å².